The normalized spacial score (nSPS) is 11.5. The van der Waals surface area contributed by atoms with Gasteiger partial charge in [-0.3, -0.25) is 0 Å². The van der Waals surface area contributed by atoms with Gasteiger partial charge in [-0.2, -0.15) is 0 Å². The maximum atomic E-state index is 6.40. The van der Waals surface area contributed by atoms with E-state index in [1.807, 2.05) is 0 Å². The molecule has 6 aromatic rings. The van der Waals surface area contributed by atoms with E-state index in [1.165, 1.54) is 27.3 Å². The standard InChI is InChI=1S/C28H17BrO/c29-22-14-11-18(12-15-22)20-6-3-7-21(17-20)24-9-4-10-25-27-23-8-2-1-5-19(23)13-16-26(27)30-28(24)25/h1-17H. The average Bonchev–Trinajstić information content (AvgIpc) is 3.19. The Balaban J connectivity index is 1.59. The summed E-state index contributed by atoms with van der Waals surface area (Å²) in [5, 5.41) is 4.81. The molecule has 0 fully saturated rings. The van der Waals surface area contributed by atoms with Crippen molar-refractivity contribution >= 4 is 48.6 Å². The molecule has 1 aromatic heterocycles. The van der Waals surface area contributed by atoms with Crippen LogP contribution in [0.2, 0.25) is 0 Å². The topological polar surface area (TPSA) is 13.1 Å². The first kappa shape index (κ1) is 17.5. The zero-order valence-electron chi connectivity index (χ0n) is 16.1. The highest BCUT2D eigenvalue weighted by molar-refractivity contribution is 9.10. The predicted octanol–water partition coefficient (Wildman–Crippen LogP) is 8.84. The molecule has 1 heterocycles. The van der Waals surface area contributed by atoms with E-state index in [-0.39, 0.29) is 0 Å². The molecule has 0 unspecified atom stereocenters. The van der Waals surface area contributed by atoms with E-state index in [0.717, 1.165) is 32.2 Å². The van der Waals surface area contributed by atoms with Gasteiger partial charge in [0, 0.05) is 20.8 Å². The highest BCUT2D eigenvalue weighted by atomic mass is 79.9. The Morgan fingerprint density at radius 1 is 0.567 bits per heavy atom. The summed E-state index contributed by atoms with van der Waals surface area (Å²) in [5.41, 5.74) is 6.54. The van der Waals surface area contributed by atoms with Crippen LogP contribution in [0.3, 0.4) is 0 Å². The lowest BCUT2D eigenvalue weighted by molar-refractivity contribution is 0.670. The van der Waals surface area contributed by atoms with Crippen molar-refractivity contribution in [1.29, 1.82) is 0 Å². The fourth-order valence-electron chi connectivity index (χ4n) is 4.30. The second-order valence-corrected chi connectivity index (χ2v) is 8.45. The molecule has 0 aliphatic rings. The van der Waals surface area contributed by atoms with Crippen LogP contribution >= 0.6 is 15.9 Å². The summed E-state index contributed by atoms with van der Waals surface area (Å²) >= 11 is 3.52. The summed E-state index contributed by atoms with van der Waals surface area (Å²) in [7, 11) is 0. The molecule has 0 N–H and O–H groups in total. The molecule has 0 atom stereocenters. The molecule has 30 heavy (non-hydrogen) atoms. The van der Waals surface area contributed by atoms with E-state index in [2.05, 4.69) is 119 Å². The first-order valence-corrected chi connectivity index (χ1v) is 10.8. The largest absolute Gasteiger partial charge is 0.455 e. The minimum Gasteiger partial charge on any atom is -0.455 e. The third kappa shape index (κ3) is 2.76. The molecule has 0 saturated heterocycles. The maximum absolute atomic E-state index is 6.40. The zero-order valence-corrected chi connectivity index (χ0v) is 17.7. The number of para-hydroxylation sites is 1. The zero-order chi connectivity index (χ0) is 20.1. The second kappa shape index (κ2) is 6.86. The molecule has 5 aromatic carbocycles. The van der Waals surface area contributed by atoms with Crippen molar-refractivity contribution in [2.45, 2.75) is 0 Å². The van der Waals surface area contributed by atoms with Crippen molar-refractivity contribution in [3.63, 3.8) is 0 Å². The Morgan fingerprint density at radius 2 is 1.33 bits per heavy atom. The monoisotopic (exact) mass is 448 g/mol. The number of halogens is 1. The van der Waals surface area contributed by atoms with Crippen LogP contribution < -0.4 is 0 Å². The van der Waals surface area contributed by atoms with Crippen LogP contribution in [-0.4, -0.2) is 0 Å². The van der Waals surface area contributed by atoms with E-state index in [1.54, 1.807) is 0 Å². The van der Waals surface area contributed by atoms with Gasteiger partial charge in [0.2, 0.25) is 0 Å². The van der Waals surface area contributed by atoms with Crippen molar-refractivity contribution in [2.24, 2.45) is 0 Å². The smallest absolute Gasteiger partial charge is 0.143 e. The van der Waals surface area contributed by atoms with Crippen LogP contribution in [0.25, 0.3) is 55.0 Å². The third-order valence-corrected chi connectivity index (χ3v) is 6.27. The Labute approximate surface area is 182 Å². The Kier molecular flexibility index (Phi) is 4.00. The van der Waals surface area contributed by atoms with Crippen LogP contribution in [-0.2, 0) is 0 Å². The van der Waals surface area contributed by atoms with Gasteiger partial charge in [-0.25, -0.2) is 0 Å². The first-order valence-electron chi connectivity index (χ1n) is 9.97. The fourth-order valence-corrected chi connectivity index (χ4v) is 4.57. The fraction of sp³-hybridized carbons (Fsp3) is 0. The minimum atomic E-state index is 0.931. The lowest BCUT2D eigenvalue weighted by atomic mass is 9.97. The van der Waals surface area contributed by atoms with Crippen molar-refractivity contribution in [3.8, 4) is 22.3 Å². The van der Waals surface area contributed by atoms with E-state index in [9.17, 15) is 0 Å². The van der Waals surface area contributed by atoms with Crippen molar-refractivity contribution in [1.82, 2.24) is 0 Å². The molecule has 0 aliphatic heterocycles. The Morgan fingerprint density at radius 3 is 2.23 bits per heavy atom. The van der Waals surface area contributed by atoms with Crippen LogP contribution in [0, 0.1) is 0 Å². The molecule has 0 bridgehead atoms. The van der Waals surface area contributed by atoms with Gasteiger partial charge < -0.3 is 4.42 Å². The molecule has 0 spiro atoms. The predicted molar refractivity (Wildman–Crippen MR) is 130 cm³/mol. The molecule has 2 heteroatoms. The van der Waals surface area contributed by atoms with Gasteiger partial charge in [-0.1, -0.05) is 94.8 Å². The van der Waals surface area contributed by atoms with E-state index in [0.29, 0.717) is 0 Å². The summed E-state index contributed by atoms with van der Waals surface area (Å²) in [5.74, 6) is 0. The van der Waals surface area contributed by atoms with Gasteiger partial charge in [0.05, 0.1) is 0 Å². The number of hydrogen-bond donors (Lipinski definition) is 0. The molecule has 0 amide bonds. The molecule has 1 nitrogen and oxygen atoms in total. The molecule has 6 rings (SSSR count). The molecule has 0 radical (unpaired) electrons. The molecule has 142 valence electrons. The van der Waals surface area contributed by atoms with Gasteiger partial charge in [0.1, 0.15) is 11.2 Å². The second-order valence-electron chi connectivity index (χ2n) is 7.53. The third-order valence-electron chi connectivity index (χ3n) is 5.74. The van der Waals surface area contributed by atoms with Crippen LogP contribution in [0.4, 0.5) is 0 Å². The summed E-state index contributed by atoms with van der Waals surface area (Å²) in [4.78, 5) is 0. The van der Waals surface area contributed by atoms with Crippen LogP contribution in [0.5, 0.6) is 0 Å². The summed E-state index contributed by atoms with van der Waals surface area (Å²) < 4.78 is 7.49. The minimum absolute atomic E-state index is 0.931. The van der Waals surface area contributed by atoms with Gasteiger partial charge in [0.25, 0.3) is 0 Å². The number of rotatable bonds is 2. The molecule has 0 saturated carbocycles. The van der Waals surface area contributed by atoms with Gasteiger partial charge >= 0.3 is 0 Å². The summed E-state index contributed by atoms with van der Waals surface area (Å²) in [6.45, 7) is 0. The van der Waals surface area contributed by atoms with Crippen molar-refractivity contribution < 1.29 is 4.42 Å². The molecular formula is C28H17BrO. The number of benzene rings is 5. The van der Waals surface area contributed by atoms with Crippen LogP contribution in [0.1, 0.15) is 0 Å². The number of fused-ring (bicyclic) bond motifs is 5. The summed E-state index contributed by atoms with van der Waals surface area (Å²) in [6, 6.07) is 36.2. The van der Waals surface area contributed by atoms with Crippen LogP contribution in [0.15, 0.2) is 112 Å². The molecular weight excluding hydrogens is 432 g/mol. The van der Waals surface area contributed by atoms with E-state index < -0.39 is 0 Å². The highest BCUT2D eigenvalue weighted by Gasteiger charge is 2.14. The SMILES string of the molecule is Brc1ccc(-c2cccc(-c3cccc4c3oc3ccc5ccccc5c34)c2)cc1. The summed E-state index contributed by atoms with van der Waals surface area (Å²) in [6.07, 6.45) is 0. The van der Waals surface area contributed by atoms with Gasteiger partial charge in [0.15, 0.2) is 0 Å². The van der Waals surface area contributed by atoms with E-state index in [4.69, 9.17) is 4.42 Å². The number of furan rings is 1. The van der Waals surface area contributed by atoms with Crippen molar-refractivity contribution in [2.75, 3.05) is 0 Å². The Bertz CT molecular complexity index is 1540. The lowest BCUT2D eigenvalue weighted by Gasteiger charge is -2.07. The maximum Gasteiger partial charge on any atom is 0.143 e. The van der Waals surface area contributed by atoms with Gasteiger partial charge in [-0.15, -0.1) is 0 Å². The first-order chi connectivity index (χ1) is 14.8. The van der Waals surface area contributed by atoms with E-state index >= 15 is 0 Å². The highest BCUT2D eigenvalue weighted by Crippen LogP contribution is 2.39. The quantitative estimate of drug-likeness (QED) is 0.257. The lowest BCUT2D eigenvalue weighted by Crippen LogP contribution is -1.82. The molecule has 0 aliphatic carbocycles. The average molecular weight is 449 g/mol. The van der Waals surface area contributed by atoms with Gasteiger partial charge in [-0.05, 0) is 51.7 Å². The Hall–Kier alpha value is -3.36. The number of hydrogen-bond acceptors (Lipinski definition) is 1. The van der Waals surface area contributed by atoms with Crippen molar-refractivity contribution in [3.05, 3.63) is 108 Å².